The molecule has 140 valence electrons. The van der Waals surface area contributed by atoms with E-state index in [1.807, 2.05) is 31.4 Å². The summed E-state index contributed by atoms with van der Waals surface area (Å²) in [5, 5.41) is 18.4. The molecule has 8 heteroatoms. The van der Waals surface area contributed by atoms with Crippen LogP contribution >= 0.6 is 11.8 Å². The molecule has 3 aromatic rings. The van der Waals surface area contributed by atoms with Crippen LogP contribution in [0.2, 0.25) is 0 Å². The molecule has 0 fully saturated rings. The molecule has 0 unspecified atom stereocenters. The number of thioether (sulfide) groups is 1. The Kier molecular flexibility index (Phi) is 4.64. The Bertz CT molecular complexity index is 1110. The summed E-state index contributed by atoms with van der Waals surface area (Å²) in [6.07, 6.45) is 3.81. The summed E-state index contributed by atoms with van der Waals surface area (Å²) in [7, 11) is 0. The molecule has 1 aliphatic rings. The predicted molar refractivity (Wildman–Crippen MR) is 109 cm³/mol. The van der Waals surface area contributed by atoms with Crippen molar-refractivity contribution in [3.63, 3.8) is 0 Å². The molecule has 1 aliphatic heterocycles. The number of carbonyl (C=O) groups excluding carboxylic acids is 1. The molecule has 1 N–H and O–H groups in total. The maximum atomic E-state index is 13.0. The van der Waals surface area contributed by atoms with Crippen LogP contribution < -0.4 is 5.32 Å². The van der Waals surface area contributed by atoms with Gasteiger partial charge in [-0.25, -0.2) is 0 Å². The van der Waals surface area contributed by atoms with Crippen molar-refractivity contribution in [2.24, 2.45) is 20.7 Å². The van der Waals surface area contributed by atoms with Crippen LogP contribution in [0.5, 0.6) is 0 Å². The second kappa shape index (κ2) is 7.12. The molecule has 1 amide bonds. The SMILES string of the molecule is CSc1ccc(-c2c(C)c(C(=O)NC3(C)N=NN=N3)cc3cccnc23)cc1. The molecule has 28 heavy (non-hydrogen) atoms. The Balaban J connectivity index is 1.86. The molecule has 4 rings (SSSR count). The number of nitrogens with one attached hydrogen (secondary N) is 1. The largest absolute Gasteiger partial charge is 0.307 e. The van der Waals surface area contributed by atoms with E-state index in [1.165, 1.54) is 4.90 Å². The van der Waals surface area contributed by atoms with Crippen LogP contribution in [0.3, 0.4) is 0 Å². The molecule has 0 spiro atoms. The Hall–Kier alpha value is -3.13. The molecule has 0 radical (unpaired) electrons. The zero-order valence-electron chi connectivity index (χ0n) is 15.7. The molecule has 0 aliphatic carbocycles. The number of aromatic nitrogens is 1. The van der Waals surface area contributed by atoms with Crippen LogP contribution in [0.25, 0.3) is 22.0 Å². The van der Waals surface area contributed by atoms with Crippen LogP contribution in [0.15, 0.2) is 74.2 Å². The topological polar surface area (TPSA) is 91.4 Å². The fourth-order valence-electron chi connectivity index (χ4n) is 3.23. The molecule has 7 nitrogen and oxygen atoms in total. The van der Waals surface area contributed by atoms with E-state index in [1.54, 1.807) is 24.9 Å². The lowest BCUT2D eigenvalue weighted by atomic mass is 9.92. The van der Waals surface area contributed by atoms with Gasteiger partial charge in [0, 0.05) is 34.5 Å². The minimum absolute atomic E-state index is 0.285. The molecular weight excluding hydrogens is 372 g/mol. The number of pyridine rings is 1. The summed E-state index contributed by atoms with van der Waals surface area (Å²) in [6, 6.07) is 13.9. The first-order valence-corrected chi connectivity index (χ1v) is 9.92. The molecule has 2 aromatic carbocycles. The van der Waals surface area contributed by atoms with Crippen LogP contribution in [0.1, 0.15) is 22.8 Å². The van der Waals surface area contributed by atoms with Crippen molar-refractivity contribution in [3.05, 3.63) is 59.8 Å². The molecular formula is C20H18N6OS. The van der Waals surface area contributed by atoms with Crippen LogP contribution in [-0.4, -0.2) is 22.9 Å². The first-order valence-electron chi connectivity index (χ1n) is 8.70. The number of fused-ring (bicyclic) bond motifs is 1. The Morgan fingerprint density at radius 1 is 1.11 bits per heavy atom. The third-order valence-corrected chi connectivity index (χ3v) is 5.39. The molecule has 0 saturated carbocycles. The summed E-state index contributed by atoms with van der Waals surface area (Å²) >= 11 is 1.69. The number of nitrogens with zero attached hydrogens (tertiary/aromatic N) is 5. The van der Waals surface area contributed by atoms with Crippen molar-refractivity contribution >= 4 is 28.6 Å². The van der Waals surface area contributed by atoms with Gasteiger partial charge in [-0.3, -0.25) is 9.78 Å². The Morgan fingerprint density at radius 3 is 2.50 bits per heavy atom. The van der Waals surface area contributed by atoms with Gasteiger partial charge in [-0.2, -0.15) is 0 Å². The van der Waals surface area contributed by atoms with Gasteiger partial charge in [0.1, 0.15) is 0 Å². The summed E-state index contributed by atoms with van der Waals surface area (Å²) in [5.41, 5.74) is 4.20. The second-order valence-corrected chi connectivity index (χ2v) is 7.46. The molecule has 0 atom stereocenters. The minimum atomic E-state index is -1.17. The summed E-state index contributed by atoms with van der Waals surface area (Å²) < 4.78 is 0. The van der Waals surface area contributed by atoms with Gasteiger partial charge in [-0.05, 0) is 59.0 Å². The van der Waals surface area contributed by atoms with Crippen LogP contribution in [0, 0.1) is 6.92 Å². The van der Waals surface area contributed by atoms with Gasteiger partial charge in [-0.15, -0.1) is 22.0 Å². The van der Waals surface area contributed by atoms with Gasteiger partial charge >= 0.3 is 0 Å². The van der Waals surface area contributed by atoms with E-state index >= 15 is 0 Å². The third-order valence-electron chi connectivity index (χ3n) is 4.65. The maximum absolute atomic E-state index is 13.0. The molecule has 0 bridgehead atoms. The zero-order chi connectivity index (χ0) is 19.7. The fourth-order valence-corrected chi connectivity index (χ4v) is 3.64. The first kappa shape index (κ1) is 18.2. The Morgan fingerprint density at radius 2 is 1.82 bits per heavy atom. The van der Waals surface area contributed by atoms with E-state index < -0.39 is 5.79 Å². The highest BCUT2D eigenvalue weighted by molar-refractivity contribution is 7.98. The van der Waals surface area contributed by atoms with Crippen molar-refractivity contribution in [2.45, 2.75) is 24.5 Å². The maximum Gasteiger partial charge on any atom is 0.266 e. The van der Waals surface area contributed by atoms with Gasteiger partial charge in [-0.1, -0.05) is 18.2 Å². The molecule has 2 heterocycles. The fraction of sp³-hybridized carbons (Fsp3) is 0.200. The van der Waals surface area contributed by atoms with Gasteiger partial charge in [0.25, 0.3) is 11.7 Å². The Labute approximate surface area is 166 Å². The van der Waals surface area contributed by atoms with Crippen molar-refractivity contribution in [1.29, 1.82) is 0 Å². The van der Waals surface area contributed by atoms with E-state index in [2.05, 4.69) is 55.2 Å². The van der Waals surface area contributed by atoms with Crippen molar-refractivity contribution in [2.75, 3.05) is 6.26 Å². The smallest absolute Gasteiger partial charge is 0.266 e. The first-order chi connectivity index (χ1) is 13.5. The monoisotopic (exact) mass is 390 g/mol. The van der Waals surface area contributed by atoms with Gasteiger partial charge in [0.15, 0.2) is 0 Å². The minimum Gasteiger partial charge on any atom is -0.307 e. The second-order valence-electron chi connectivity index (χ2n) is 6.58. The third kappa shape index (κ3) is 3.27. The standard InChI is InChI=1S/C20H18N6OS/c1-12-16(19(27)22-20(2)23-25-26-24-20)11-14-5-4-10-21-18(14)17(12)13-6-8-15(28-3)9-7-13/h4-11H,1-3H3,(H,22,27). The summed E-state index contributed by atoms with van der Waals surface area (Å²) in [6.45, 7) is 3.58. The summed E-state index contributed by atoms with van der Waals surface area (Å²) in [4.78, 5) is 18.8. The number of carbonyl (C=O) groups is 1. The van der Waals surface area contributed by atoms with Crippen LogP contribution in [-0.2, 0) is 0 Å². The predicted octanol–water partition coefficient (Wildman–Crippen LogP) is 5.17. The van der Waals surface area contributed by atoms with Gasteiger partial charge in [0.05, 0.1) is 5.52 Å². The van der Waals surface area contributed by atoms with Crippen molar-refractivity contribution in [3.8, 4) is 11.1 Å². The van der Waals surface area contributed by atoms with E-state index in [4.69, 9.17) is 0 Å². The highest BCUT2D eigenvalue weighted by Gasteiger charge is 2.30. The quantitative estimate of drug-likeness (QED) is 0.623. The van der Waals surface area contributed by atoms with Crippen LogP contribution in [0.4, 0.5) is 0 Å². The number of rotatable bonds is 4. The number of amides is 1. The van der Waals surface area contributed by atoms with Gasteiger partial charge < -0.3 is 5.32 Å². The van der Waals surface area contributed by atoms with Crippen molar-refractivity contribution < 1.29 is 4.79 Å². The number of benzene rings is 2. The van der Waals surface area contributed by atoms with E-state index in [9.17, 15) is 4.79 Å². The zero-order valence-corrected chi connectivity index (χ0v) is 16.5. The lowest BCUT2D eigenvalue weighted by Crippen LogP contribution is -2.41. The van der Waals surface area contributed by atoms with E-state index in [-0.39, 0.29) is 5.91 Å². The highest BCUT2D eigenvalue weighted by Crippen LogP contribution is 2.34. The van der Waals surface area contributed by atoms with Crippen molar-refractivity contribution in [1.82, 2.24) is 10.3 Å². The normalized spacial score (nSPS) is 14.5. The average Bonchev–Trinajstić information content (AvgIpc) is 3.13. The van der Waals surface area contributed by atoms with E-state index in [0.29, 0.717) is 5.56 Å². The lowest BCUT2D eigenvalue weighted by molar-refractivity contribution is 0.0911. The molecule has 0 saturated heterocycles. The highest BCUT2D eigenvalue weighted by atomic mass is 32.2. The number of hydrogen-bond donors (Lipinski definition) is 1. The summed E-state index contributed by atoms with van der Waals surface area (Å²) in [5.74, 6) is -1.46. The number of hydrogen-bond acceptors (Lipinski definition) is 7. The molecule has 1 aromatic heterocycles. The van der Waals surface area contributed by atoms with E-state index in [0.717, 1.165) is 27.6 Å². The average molecular weight is 390 g/mol. The lowest BCUT2D eigenvalue weighted by Gasteiger charge is -2.19. The van der Waals surface area contributed by atoms with Gasteiger partial charge in [0.2, 0.25) is 0 Å².